The van der Waals surface area contributed by atoms with Gasteiger partial charge in [-0.1, -0.05) is 35.9 Å². The van der Waals surface area contributed by atoms with E-state index >= 15 is 0 Å². The van der Waals surface area contributed by atoms with Gasteiger partial charge in [-0.25, -0.2) is 0 Å². The highest BCUT2D eigenvalue weighted by atomic mass is 35.5. The lowest BCUT2D eigenvalue weighted by molar-refractivity contribution is -0.168. The number of fused-ring (bicyclic) bond motifs is 1. The molecular weight excluding hydrogens is 394 g/mol. The second kappa shape index (κ2) is 8.14. The van der Waals surface area contributed by atoms with Gasteiger partial charge >= 0.3 is 5.97 Å². The average Bonchev–Trinajstić information content (AvgIpc) is 2.91. The summed E-state index contributed by atoms with van der Waals surface area (Å²) in [5.41, 5.74) is 7.53. The van der Waals surface area contributed by atoms with Crippen LogP contribution in [-0.2, 0) is 25.7 Å². The highest BCUT2D eigenvalue weighted by Gasteiger charge is 2.41. The molecule has 0 aliphatic carbocycles. The summed E-state index contributed by atoms with van der Waals surface area (Å²) < 4.78 is 11.3. The van der Waals surface area contributed by atoms with E-state index in [1.165, 1.54) is 0 Å². The smallest absolute Gasteiger partial charge is 0.308 e. The van der Waals surface area contributed by atoms with Crippen molar-refractivity contribution in [3.8, 4) is 0 Å². The molecule has 1 aromatic rings. The van der Waals surface area contributed by atoms with Crippen LogP contribution in [0.3, 0.4) is 0 Å². The topological polar surface area (TPSA) is 85.1 Å². The molecule has 1 fully saturated rings. The Morgan fingerprint density at radius 2 is 2.03 bits per heavy atom. The zero-order valence-electron chi connectivity index (χ0n) is 15.5. The van der Waals surface area contributed by atoms with Gasteiger partial charge in [0.15, 0.2) is 0 Å². The number of hydrazine groups is 1. The van der Waals surface area contributed by atoms with Crippen molar-refractivity contribution < 1.29 is 19.1 Å². The van der Waals surface area contributed by atoms with Crippen molar-refractivity contribution in [3.05, 3.63) is 82.8 Å². The van der Waals surface area contributed by atoms with Crippen molar-refractivity contribution >= 4 is 23.5 Å². The lowest BCUT2D eigenvalue weighted by Gasteiger charge is -2.37. The molecule has 3 aliphatic rings. The van der Waals surface area contributed by atoms with Crippen molar-refractivity contribution in [1.29, 1.82) is 0 Å². The van der Waals surface area contributed by atoms with Crippen molar-refractivity contribution in [3.63, 3.8) is 0 Å². The Hall–Kier alpha value is -3.03. The number of nitrogens with zero attached hydrogens (tertiary/aromatic N) is 2. The van der Waals surface area contributed by atoms with Gasteiger partial charge in [0, 0.05) is 17.4 Å². The lowest BCUT2D eigenvalue weighted by atomic mass is 9.93. The maximum Gasteiger partial charge on any atom is 0.308 e. The van der Waals surface area contributed by atoms with Gasteiger partial charge in [0.2, 0.25) is 6.29 Å². The number of halogens is 1. The van der Waals surface area contributed by atoms with Gasteiger partial charge in [-0.15, -0.1) is 0 Å². The summed E-state index contributed by atoms with van der Waals surface area (Å²) >= 11 is 5.91. The molecule has 1 saturated heterocycles. The quantitative estimate of drug-likeness (QED) is 0.747. The molecule has 7 nitrogen and oxygen atoms in total. The zero-order valence-corrected chi connectivity index (χ0v) is 16.3. The van der Waals surface area contributed by atoms with Crippen LogP contribution in [-0.4, -0.2) is 34.7 Å². The number of benzene rings is 1. The number of amides is 1. The number of hydrogen-bond acceptors (Lipinski definition) is 6. The summed E-state index contributed by atoms with van der Waals surface area (Å²) in [7, 11) is 0. The Morgan fingerprint density at radius 1 is 1.24 bits per heavy atom. The minimum atomic E-state index is -0.812. The molecule has 4 rings (SSSR count). The first kappa shape index (κ1) is 19.3. The van der Waals surface area contributed by atoms with Crippen LogP contribution in [0.15, 0.2) is 72.2 Å². The van der Waals surface area contributed by atoms with E-state index in [2.05, 4.69) is 0 Å². The van der Waals surface area contributed by atoms with Crippen molar-refractivity contribution in [2.24, 2.45) is 11.7 Å². The summed E-state index contributed by atoms with van der Waals surface area (Å²) in [6.45, 7) is 0.832. The van der Waals surface area contributed by atoms with E-state index < -0.39 is 18.1 Å². The lowest BCUT2D eigenvalue weighted by Crippen LogP contribution is -2.42. The molecule has 0 saturated carbocycles. The minimum absolute atomic E-state index is 0.109. The second-order valence-electron chi connectivity index (χ2n) is 6.83. The molecule has 29 heavy (non-hydrogen) atoms. The fourth-order valence-electron chi connectivity index (χ4n) is 3.52. The Labute approximate surface area is 173 Å². The molecule has 1 aromatic carbocycles. The van der Waals surface area contributed by atoms with Crippen LogP contribution in [0.5, 0.6) is 0 Å². The van der Waals surface area contributed by atoms with Crippen LogP contribution in [0.1, 0.15) is 12.0 Å². The normalized spacial score (nSPS) is 23.3. The Morgan fingerprint density at radius 3 is 2.79 bits per heavy atom. The van der Waals surface area contributed by atoms with Gasteiger partial charge in [-0.2, -0.15) is 0 Å². The number of nitrogens with two attached hydrogens (primary N) is 1. The molecule has 150 valence electrons. The first-order valence-corrected chi connectivity index (χ1v) is 9.57. The molecule has 1 amide bonds. The van der Waals surface area contributed by atoms with E-state index in [4.69, 9.17) is 26.8 Å². The molecule has 0 radical (unpaired) electrons. The summed E-state index contributed by atoms with van der Waals surface area (Å²) in [6, 6.07) is 7.22. The predicted octanol–water partition coefficient (Wildman–Crippen LogP) is 2.62. The van der Waals surface area contributed by atoms with E-state index in [1.807, 2.05) is 41.6 Å². The number of primary amides is 1. The molecule has 3 aliphatic heterocycles. The maximum absolute atomic E-state index is 12.3. The highest BCUT2D eigenvalue weighted by molar-refractivity contribution is 6.30. The number of ether oxygens (including phenoxy) is 2. The Balaban J connectivity index is 1.60. The second-order valence-corrected chi connectivity index (χ2v) is 7.26. The van der Waals surface area contributed by atoms with Crippen LogP contribution in [0.25, 0.3) is 0 Å². The van der Waals surface area contributed by atoms with Crippen LogP contribution < -0.4 is 5.73 Å². The van der Waals surface area contributed by atoms with E-state index in [1.54, 1.807) is 29.4 Å². The van der Waals surface area contributed by atoms with Gasteiger partial charge in [-0.05, 0) is 35.4 Å². The third kappa shape index (κ3) is 4.06. The molecule has 0 bridgehead atoms. The number of esters is 1. The van der Waals surface area contributed by atoms with E-state index in [0.29, 0.717) is 22.8 Å². The third-order valence-corrected chi connectivity index (χ3v) is 5.15. The molecule has 3 heterocycles. The standard InChI is InChI=1S/C21H20ClN3O4/c22-15-6-4-14(5-7-15)13-28-21-17(12-18(26)29-21)16-8-11-24-9-2-1-3-10-25(24)19(16)20(23)27/h1-8,10-11,17,21H,9,12-13H2,(H2,23,27). The SMILES string of the molecule is NC(=O)C1=C(C2CC(=O)OC2OCc2ccc(Cl)cc2)C=CN2CC=CC=CN12. The summed E-state index contributed by atoms with van der Waals surface area (Å²) in [5.74, 6) is -1.41. The van der Waals surface area contributed by atoms with Gasteiger partial charge in [-0.3, -0.25) is 19.6 Å². The monoisotopic (exact) mass is 413 g/mol. The van der Waals surface area contributed by atoms with Crippen molar-refractivity contribution in [2.45, 2.75) is 19.3 Å². The minimum Gasteiger partial charge on any atom is -0.435 e. The Kier molecular flexibility index (Phi) is 5.42. The number of hydrogen-bond donors (Lipinski definition) is 1. The van der Waals surface area contributed by atoms with E-state index in [-0.39, 0.29) is 19.0 Å². The summed E-state index contributed by atoms with van der Waals surface area (Å²) in [5, 5.41) is 4.17. The zero-order chi connectivity index (χ0) is 20.4. The summed E-state index contributed by atoms with van der Waals surface area (Å²) in [4.78, 5) is 24.4. The van der Waals surface area contributed by atoms with E-state index in [0.717, 1.165) is 5.56 Å². The first-order valence-electron chi connectivity index (χ1n) is 9.20. The summed E-state index contributed by atoms with van der Waals surface area (Å²) in [6.07, 6.45) is 10.4. The van der Waals surface area contributed by atoms with Crippen LogP contribution in [0.2, 0.25) is 5.02 Å². The predicted molar refractivity (Wildman–Crippen MR) is 106 cm³/mol. The Bertz CT molecular complexity index is 936. The molecule has 0 spiro atoms. The average molecular weight is 414 g/mol. The molecule has 2 N–H and O–H groups in total. The molecule has 8 heteroatoms. The molecule has 2 unspecified atom stereocenters. The molecule has 0 aromatic heterocycles. The first-order chi connectivity index (χ1) is 14.0. The number of carbonyl (C=O) groups is 2. The maximum atomic E-state index is 12.3. The van der Waals surface area contributed by atoms with E-state index in [9.17, 15) is 9.59 Å². The van der Waals surface area contributed by atoms with Gasteiger partial charge in [0.05, 0.1) is 25.5 Å². The largest absolute Gasteiger partial charge is 0.435 e. The highest BCUT2D eigenvalue weighted by Crippen LogP contribution is 2.36. The fraction of sp³-hybridized carbons (Fsp3) is 0.238. The number of rotatable bonds is 5. The number of carbonyl (C=O) groups excluding carboxylic acids is 2. The van der Waals surface area contributed by atoms with Gasteiger partial charge < -0.3 is 15.2 Å². The number of allylic oxidation sites excluding steroid dienone is 3. The fourth-order valence-corrected chi connectivity index (χ4v) is 3.65. The van der Waals surface area contributed by atoms with Crippen LogP contribution in [0, 0.1) is 5.92 Å². The number of cyclic esters (lactones) is 1. The van der Waals surface area contributed by atoms with Gasteiger partial charge in [0.1, 0.15) is 5.70 Å². The van der Waals surface area contributed by atoms with Crippen molar-refractivity contribution in [1.82, 2.24) is 10.0 Å². The van der Waals surface area contributed by atoms with Crippen LogP contribution >= 0.6 is 11.6 Å². The third-order valence-electron chi connectivity index (χ3n) is 4.90. The molecule has 2 atom stereocenters. The van der Waals surface area contributed by atoms with Crippen LogP contribution in [0.4, 0.5) is 0 Å². The van der Waals surface area contributed by atoms with Crippen molar-refractivity contribution in [2.75, 3.05) is 6.54 Å². The molecular formula is C21H20ClN3O4. The van der Waals surface area contributed by atoms with Gasteiger partial charge in [0.25, 0.3) is 5.91 Å².